The Hall–Kier alpha value is -3.39. The standard InChI is InChI=1S/C22H25ClN4O4/c1-14-11-18(19(31-4)12-16(14)23)26-20(28)9-10-25-21(29)13-27(3)22(30)15-7-5-6-8-17(15)24-2/h5-8,11-12H,2,9-10,13H2,1,3-4H3,(H,25,29)(H,26,28). The van der Waals surface area contributed by atoms with Crippen LogP contribution < -0.4 is 15.4 Å². The van der Waals surface area contributed by atoms with Crippen LogP contribution in [0.2, 0.25) is 5.02 Å². The van der Waals surface area contributed by atoms with Gasteiger partial charge in [0.05, 0.1) is 30.6 Å². The second-order valence-corrected chi connectivity index (χ2v) is 7.19. The Morgan fingerprint density at radius 1 is 1.19 bits per heavy atom. The number of halogens is 1. The van der Waals surface area contributed by atoms with Crippen LogP contribution in [0.4, 0.5) is 11.4 Å². The molecule has 2 rings (SSSR count). The van der Waals surface area contributed by atoms with Crippen molar-refractivity contribution < 1.29 is 19.1 Å². The number of likely N-dealkylation sites (N-methyl/N-ethyl adjacent to an activating group) is 1. The van der Waals surface area contributed by atoms with Gasteiger partial charge in [-0.15, -0.1) is 0 Å². The third kappa shape index (κ3) is 6.55. The number of amides is 3. The summed E-state index contributed by atoms with van der Waals surface area (Å²) in [7, 11) is 3.00. The number of benzene rings is 2. The molecule has 0 aromatic heterocycles. The van der Waals surface area contributed by atoms with Gasteiger partial charge in [0, 0.05) is 31.1 Å². The third-order valence-electron chi connectivity index (χ3n) is 4.46. The number of carbonyl (C=O) groups is 3. The van der Waals surface area contributed by atoms with Crippen molar-refractivity contribution in [1.82, 2.24) is 10.2 Å². The monoisotopic (exact) mass is 444 g/mol. The topological polar surface area (TPSA) is 100 Å². The summed E-state index contributed by atoms with van der Waals surface area (Å²) in [4.78, 5) is 42.0. The Kier molecular flexibility index (Phi) is 8.57. The molecular weight excluding hydrogens is 420 g/mol. The average molecular weight is 445 g/mol. The number of hydrogen-bond acceptors (Lipinski definition) is 5. The first kappa shape index (κ1) is 23.9. The van der Waals surface area contributed by atoms with E-state index in [1.807, 2.05) is 6.92 Å². The predicted octanol–water partition coefficient (Wildman–Crippen LogP) is 3.21. The molecule has 0 aliphatic heterocycles. The molecule has 2 N–H and O–H groups in total. The number of anilines is 1. The first-order chi connectivity index (χ1) is 14.8. The Morgan fingerprint density at radius 3 is 2.58 bits per heavy atom. The second-order valence-electron chi connectivity index (χ2n) is 6.79. The molecule has 31 heavy (non-hydrogen) atoms. The van der Waals surface area contributed by atoms with E-state index in [9.17, 15) is 14.4 Å². The minimum absolute atomic E-state index is 0.0530. The summed E-state index contributed by atoms with van der Waals surface area (Å²) in [6.07, 6.45) is 0.0530. The molecule has 0 unspecified atom stereocenters. The fraction of sp³-hybridized carbons (Fsp3) is 0.273. The molecule has 0 aliphatic carbocycles. The van der Waals surface area contributed by atoms with E-state index < -0.39 is 0 Å². The molecule has 164 valence electrons. The van der Waals surface area contributed by atoms with Crippen LogP contribution in [0.15, 0.2) is 41.4 Å². The van der Waals surface area contributed by atoms with Gasteiger partial charge in [0.2, 0.25) is 11.8 Å². The van der Waals surface area contributed by atoms with Gasteiger partial charge in [-0.25, -0.2) is 0 Å². The summed E-state index contributed by atoms with van der Waals surface area (Å²) in [5, 5.41) is 5.91. The lowest BCUT2D eigenvalue weighted by Crippen LogP contribution is -2.39. The summed E-state index contributed by atoms with van der Waals surface area (Å²) >= 11 is 6.06. The molecule has 0 spiro atoms. The van der Waals surface area contributed by atoms with Gasteiger partial charge >= 0.3 is 0 Å². The molecule has 9 heteroatoms. The van der Waals surface area contributed by atoms with Crippen LogP contribution in [0.3, 0.4) is 0 Å². The van der Waals surface area contributed by atoms with E-state index >= 15 is 0 Å². The normalized spacial score (nSPS) is 10.2. The summed E-state index contributed by atoms with van der Waals surface area (Å²) in [6.45, 7) is 5.23. The zero-order chi connectivity index (χ0) is 23.0. The van der Waals surface area contributed by atoms with Gasteiger partial charge in [0.1, 0.15) is 5.75 Å². The van der Waals surface area contributed by atoms with E-state index in [1.165, 1.54) is 19.1 Å². The number of para-hydroxylation sites is 1. The average Bonchev–Trinajstić information content (AvgIpc) is 2.75. The molecule has 0 fully saturated rings. The largest absolute Gasteiger partial charge is 0.495 e. The summed E-state index contributed by atoms with van der Waals surface area (Å²) in [5.41, 5.74) is 2.11. The van der Waals surface area contributed by atoms with Gasteiger partial charge in [-0.3, -0.25) is 19.4 Å². The molecule has 0 heterocycles. The molecule has 0 radical (unpaired) electrons. The lowest BCUT2D eigenvalue weighted by molar-refractivity contribution is -0.121. The molecule has 0 bridgehead atoms. The Bertz CT molecular complexity index is 993. The van der Waals surface area contributed by atoms with Gasteiger partial charge in [0.15, 0.2) is 0 Å². The van der Waals surface area contributed by atoms with E-state index in [-0.39, 0.29) is 37.2 Å². The first-order valence-electron chi connectivity index (χ1n) is 9.48. The lowest BCUT2D eigenvalue weighted by atomic mass is 10.1. The summed E-state index contributed by atoms with van der Waals surface area (Å²) < 4.78 is 5.23. The first-order valence-corrected chi connectivity index (χ1v) is 9.86. The highest BCUT2D eigenvalue weighted by atomic mass is 35.5. The summed E-state index contributed by atoms with van der Waals surface area (Å²) in [6, 6.07) is 10.1. The fourth-order valence-electron chi connectivity index (χ4n) is 2.80. The Morgan fingerprint density at radius 2 is 1.90 bits per heavy atom. The van der Waals surface area contributed by atoms with Crippen molar-refractivity contribution in [2.45, 2.75) is 13.3 Å². The lowest BCUT2D eigenvalue weighted by Gasteiger charge is -2.17. The quantitative estimate of drug-likeness (QED) is 0.580. The molecule has 2 aromatic rings. The molecule has 0 atom stereocenters. The van der Waals surface area contributed by atoms with Gasteiger partial charge in [-0.2, -0.15) is 0 Å². The molecule has 3 amide bonds. The minimum atomic E-state index is -0.382. The number of rotatable bonds is 9. The van der Waals surface area contributed by atoms with Crippen molar-refractivity contribution in [3.05, 3.63) is 52.5 Å². The maximum Gasteiger partial charge on any atom is 0.256 e. The highest BCUT2D eigenvalue weighted by Gasteiger charge is 2.17. The number of nitrogens with zero attached hydrogens (tertiary/aromatic N) is 2. The minimum Gasteiger partial charge on any atom is -0.495 e. The van der Waals surface area contributed by atoms with E-state index in [0.29, 0.717) is 27.7 Å². The predicted molar refractivity (Wildman–Crippen MR) is 122 cm³/mol. The van der Waals surface area contributed by atoms with Crippen molar-refractivity contribution in [1.29, 1.82) is 0 Å². The van der Waals surface area contributed by atoms with Crippen LogP contribution in [0.25, 0.3) is 0 Å². The van der Waals surface area contributed by atoms with E-state index in [1.54, 1.807) is 36.4 Å². The van der Waals surface area contributed by atoms with Crippen molar-refractivity contribution in [2.24, 2.45) is 4.99 Å². The van der Waals surface area contributed by atoms with Gasteiger partial charge in [-0.05, 0) is 37.4 Å². The SMILES string of the molecule is C=Nc1ccccc1C(=O)N(C)CC(=O)NCCC(=O)Nc1cc(C)c(Cl)cc1OC. The highest BCUT2D eigenvalue weighted by Crippen LogP contribution is 2.30. The number of aryl methyl sites for hydroxylation is 1. The molecule has 8 nitrogen and oxygen atoms in total. The van der Waals surface area contributed by atoms with Crippen molar-refractivity contribution in [2.75, 3.05) is 32.6 Å². The van der Waals surface area contributed by atoms with Crippen molar-refractivity contribution in [3.63, 3.8) is 0 Å². The molecule has 2 aromatic carbocycles. The number of aliphatic imine (C=N–C) groups is 1. The number of methoxy groups -OCH3 is 1. The zero-order valence-corrected chi connectivity index (χ0v) is 18.5. The molecule has 0 aliphatic rings. The summed E-state index contributed by atoms with van der Waals surface area (Å²) in [5.74, 6) is -0.577. The van der Waals surface area contributed by atoms with E-state index in [4.69, 9.17) is 16.3 Å². The number of ether oxygens (including phenoxy) is 1. The Balaban J connectivity index is 1.84. The van der Waals surface area contributed by atoms with Crippen molar-refractivity contribution in [3.8, 4) is 5.75 Å². The van der Waals surface area contributed by atoms with Crippen LogP contribution in [0, 0.1) is 6.92 Å². The van der Waals surface area contributed by atoms with Crippen molar-refractivity contribution >= 4 is 47.4 Å². The molecular formula is C22H25ClN4O4. The maximum atomic E-state index is 12.5. The van der Waals surface area contributed by atoms with Crippen LogP contribution in [0.1, 0.15) is 22.3 Å². The third-order valence-corrected chi connectivity index (χ3v) is 4.87. The number of carbonyl (C=O) groups excluding carboxylic acids is 3. The van der Waals surface area contributed by atoms with Gasteiger partial charge in [0.25, 0.3) is 5.91 Å². The zero-order valence-electron chi connectivity index (χ0n) is 17.7. The van der Waals surface area contributed by atoms with E-state index in [0.717, 1.165) is 5.56 Å². The maximum absolute atomic E-state index is 12.5. The molecule has 0 saturated carbocycles. The van der Waals surface area contributed by atoms with Crippen LogP contribution in [-0.2, 0) is 9.59 Å². The van der Waals surface area contributed by atoms with E-state index in [2.05, 4.69) is 22.3 Å². The molecule has 0 saturated heterocycles. The van der Waals surface area contributed by atoms with Gasteiger partial charge in [-0.1, -0.05) is 23.7 Å². The highest BCUT2D eigenvalue weighted by molar-refractivity contribution is 6.31. The Labute approximate surface area is 186 Å². The number of hydrogen-bond donors (Lipinski definition) is 2. The fourth-order valence-corrected chi connectivity index (χ4v) is 2.95. The van der Waals surface area contributed by atoms with Crippen LogP contribution in [0.5, 0.6) is 5.75 Å². The second kappa shape index (κ2) is 11.1. The van der Waals surface area contributed by atoms with Crippen LogP contribution in [-0.4, -0.2) is 56.6 Å². The number of nitrogens with one attached hydrogen (secondary N) is 2. The smallest absolute Gasteiger partial charge is 0.256 e. The van der Waals surface area contributed by atoms with Crippen LogP contribution >= 0.6 is 11.6 Å². The van der Waals surface area contributed by atoms with Gasteiger partial charge < -0.3 is 20.3 Å².